The van der Waals surface area contributed by atoms with Gasteiger partial charge in [-0.05, 0) is 5.56 Å². The summed E-state index contributed by atoms with van der Waals surface area (Å²) in [6, 6.07) is 9.42. The first-order valence-electron chi connectivity index (χ1n) is 3.44. The van der Waals surface area contributed by atoms with E-state index in [1.165, 1.54) is 0 Å². The molecular formula is C8H9ClO3. The van der Waals surface area contributed by atoms with Crippen LogP contribution in [-0.2, 0) is 15.6 Å². The van der Waals surface area contributed by atoms with E-state index < -0.39 is 6.48 Å². The number of benzene rings is 1. The van der Waals surface area contributed by atoms with Crippen molar-refractivity contribution in [2.24, 2.45) is 0 Å². The summed E-state index contributed by atoms with van der Waals surface area (Å²) in [5.74, 6) is 0. The van der Waals surface area contributed by atoms with Crippen LogP contribution < -0.4 is 0 Å². The van der Waals surface area contributed by atoms with Crippen LogP contribution in [0.3, 0.4) is 0 Å². The van der Waals surface area contributed by atoms with Gasteiger partial charge in [-0.1, -0.05) is 30.3 Å². The number of aliphatic hydroxyl groups is 1. The monoisotopic (exact) mass is 188 g/mol. The number of ether oxygens (including phenoxy) is 1. The molecule has 0 saturated carbocycles. The molecule has 4 heteroatoms. The first-order chi connectivity index (χ1) is 5.83. The minimum absolute atomic E-state index is 0.273. The number of hydrogen-bond donors (Lipinski definition) is 1. The summed E-state index contributed by atoms with van der Waals surface area (Å²) in [4.78, 5) is 0. The third-order valence-electron chi connectivity index (χ3n) is 1.31. The second-order valence-electron chi connectivity index (χ2n) is 2.19. The van der Waals surface area contributed by atoms with E-state index in [1.807, 2.05) is 30.3 Å². The SMILES string of the molecule is OC(OCl)OCc1ccccc1. The van der Waals surface area contributed by atoms with Gasteiger partial charge in [0.2, 0.25) is 0 Å². The van der Waals surface area contributed by atoms with Gasteiger partial charge in [0.25, 0.3) is 6.48 Å². The van der Waals surface area contributed by atoms with Crippen molar-refractivity contribution in [2.75, 3.05) is 0 Å². The van der Waals surface area contributed by atoms with Crippen LogP contribution in [0.25, 0.3) is 0 Å². The third-order valence-corrected chi connectivity index (χ3v) is 1.46. The lowest BCUT2D eigenvalue weighted by Gasteiger charge is -2.06. The quantitative estimate of drug-likeness (QED) is 0.731. The molecule has 0 radical (unpaired) electrons. The van der Waals surface area contributed by atoms with Gasteiger partial charge in [-0.3, -0.25) is 0 Å². The Bertz CT molecular complexity index is 215. The maximum absolute atomic E-state index is 8.74. The van der Waals surface area contributed by atoms with Gasteiger partial charge < -0.3 is 9.84 Å². The number of halogens is 1. The summed E-state index contributed by atoms with van der Waals surface area (Å²) in [5, 5.41) is 8.74. The van der Waals surface area contributed by atoms with Gasteiger partial charge in [-0.2, -0.15) is 0 Å². The largest absolute Gasteiger partial charge is 0.345 e. The molecule has 0 bridgehead atoms. The Hall–Kier alpha value is -0.610. The summed E-state index contributed by atoms with van der Waals surface area (Å²) < 4.78 is 8.76. The van der Waals surface area contributed by atoms with Crippen molar-refractivity contribution in [3.8, 4) is 0 Å². The zero-order valence-corrected chi connectivity index (χ0v) is 7.07. The lowest BCUT2D eigenvalue weighted by molar-refractivity contribution is -0.221. The van der Waals surface area contributed by atoms with Gasteiger partial charge in [0.15, 0.2) is 0 Å². The molecule has 1 aromatic rings. The van der Waals surface area contributed by atoms with E-state index in [-0.39, 0.29) is 6.61 Å². The molecular weight excluding hydrogens is 180 g/mol. The molecule has 3 nitrogen and oxygen atoms in total. The average molecular weight is 189 g/mol. The van der Waals surface area contributed by atoms with E-state index >= 15 is 0 Å². The Kier molecular flexibility index (Phi) is 4.04. The van der Waals surface area contributed by atoms with E-state index in [1.54, 1.807) is 0 Å². The molecule has 0 heterocycles. The molecule has 1 atom stereocenters. The minimum atomic E-state index is -1.37. The van der Waals surface area contributed by atoms with Crippen LogP contribution in [0.15, 0.2) is 30.3 Å². The Morgan fingerprint density at radius 3 is 2.58 bits per heavy atom. The Balaban J connectivity index is 2.33. The van der Waals surface area contributed by atoms with Crippen LogP contribution in [0.4, 0.5) is 0 Å². The average Bonchev–Trinajstić information content (AvgIpc) is 2.16. The molecule has 0 amide bonds. The summed E-state index contributed by atoms with van der Waals surface area (Å²) in [5.41, 5.74) is 0.949. The fourth-order valence-electron chi connectivity index (χ4n) is 0.767. The lowest BCUT2D eigenvalue weighted by Crippen LogP contribution is -2.11. The Morgan fingerprint density at radius 2 is 2.00 bits per heavy atom. The predicted octanol–water partition coefficient (Wildman–Crippen LogP) is 1.65. The van der Waals surface area contributed by atoms with Crippen LogP contribution in [-0.4, -0.2) is 11.6 Å². The molecule has 66 valence electrons. The van der Waals surface area contributed by atoms with Crippen molar-refractivity contribution in [2.45, 2.75) is 13.1 Å². The van der Waals surface area contributed by atoms with E-state index in [0.717, 1.165) is 5.56 Å². The molecule has 0 aromatic heterocycles. The number of hydrogen-bond acceptors (Lipinski definition) is 3. The summed E-state index contributed by atoms with van der Waals surface area (Å²) >= 11 is 4.84. The van der Waals surface area contributed by atoms with Gasteiger partial charge in [-0.15, -0.1) is 0 Å². The van der Waals surface area contributed by atoms with Crippen LogP contribution in [0.5, 0.6) is 0 Å². The standard InChI is InChI=1S/C8H9ClO3/c9-12-8(10)11-6-7-4-2-1-3-5-7/h1-5,8,10H,6H2. The van der Waals surface area contributed by atoms with Crippen molar-refractivity contribution >= 4 is 11.9 Å². The van der Waals surface area contributed by atoms with Crippen molar-refractivity contribution in [3.63, 3.8) is 0 Å². The molecule has 0 saturated heterocycles. The molecule has 0 spiro atoms. The first-order valence-corrected chi connectivity index (χ1v) is 3.75. The Labute approximate surface area is 75.7 Å². The fraction of sp³-hybridized carbons (Fsp3) is 0.250. The van der Waals surface area contributed by atoms with Gasteiger partial charge in [0.1, 0.15) is 0 Å². The molecule has 1 rings (SSSR count). The molecule has 0 aliphatic rings. The zero-order valence-electron chi connectivity index (χ0n) is 6.31. The highest BCUT2D eigenvalue weighted by Crippen LogP contribution is 2.03. The maximum atomic E-state index is 8.74. The molecule has 0 aliphatic heterocycles. The number of aliphatic hydroxyl groups excluding tert-OH is 1. The zero-order chi connectivity index (χ0) is 8.81. The summed E-state index contributed by atoms with van der Waals surface area (Å²) in [6.07, 6.45) is 0. The van der Waals surface area contributed by atoms with Crippen LogP contribution in [0.2, 0.25) is 0 Å². The second-order valence-corrected chi connectivity index (χ2v) is 2.37. The Morgan fingerprint density at radius 1 is 1.33 bits per heavy atom. The second kappa shape index (κ2) is 5.11. The molecule has 1 aromatic carbocycles. The van der Waals surface area contributed by atoms with E-state index in [2.05, 4.69) is 4.29 Å². The summed E-state index contributed by atoms with van der Waals surface area (Å²) in [6.45, 7) is -1.10. The van der Waals surface area contributed by atoms with Crippen LogP contribution in [0.1, 0.15) is 5.56 Å². The van der Waals surface area contributed by atoms with E-state index in [4.69, 9.17) is 21.7 Å². The minimum Gasteiger partial charge on any atom is -0.345 e. The normalized spacial score (nSPS) is 12.8. The van der Waals surface area contributed by atoms with Crippen LogP contribution in [0, 0.1) is 0 Å². The van der Waals surface area contributed by atoms with Gasteiger partial charge in [0, 0.05) is 0 Å². The van der Waals surface area contributed by atoms with Gasteiger partial charge in [0.05, 0.1) is 18.5 Å². The number of rotatable bonds is 4. The van der Waals surface area contributed by atoms with Crippen molar-refractivity contribution in [1.29, 1.82) is 0 Å². The van der Waals surface area contributed by atoms with Crippen molar-refractivity contribution in [3.05, 3.63) is 35.9 Å². The highest BCUT2D eigenvalue weighted by molar-refractivity contribution is 6.07. The van der Waals surface area contributed by atoms with Crippen molar-refractivity contribution < 1.29 is 14.1 Å². The fourth-order valence-corrected chi connectivity index (χ4v) is 0.819. The molecule has 0 fully saturated rings. The predicted molar refractivity (Wildman–Crippen MR) is 44.2 cm³/mol. The van der Waals surface area contributed by atoms with Crippen LogP contribution >= 0.6 is 11.9 Å². The van der Waals surface area contributed by atoms with Gasteiger partial charge >= 0.3 is 0 Å². The highest BCUT2D eigenvalue weighted by atomic mass is 35.5. The van der Waals surface area contributed by atoms with Crippen molar-refractivity contribution in [1.82, 2.24) is 0 Å². The molecule has 12 heavy (non-hydrogen) atoms. The van der Waals surface area contributed by atoms with Gasteiger partial charge in [-0.25, -0.2) is 4.29 Å². The highest BCUT2D eigenvalue weighted by Gasteiger charge is 2.01. The van der Waals surface area contributed by atoms with E-state index in [9.17, 15) is 0 Å². The molecule has 1 N–H and O–H groups in total. The smallest absolute Gasteiger partial charge is 0.286 e. The molecule has 1 unspecified atom stereocenters. The topological polar surface area (TPSA) is 38.7 Å². The summed E-state index contributed by atoms with van der Waals surface area (Å²) in [7, 11) is 0. The maximum Gasteiger partial charge on any atom is 0.286 e. The third kappa shape index (κ3) is 3.19. The first kappa shape index (κ1) is 9.48. The lowest BCUT2D eigenvalue weighted by atomic mass is 10.2. The van der Waals surface area contributed by atoms with E-state index in [0.29, 0.717) is 0 Å². The molecule has 0 aliphatic carbocycles.